The van der Waals surface area contributed by atoms with Crippen LogP contribution in [0.4, 0.5) is 4.39 Å². The number of pyridine rings is 1. The van der Waals surface area contributed by atoms with Crippen molar-refractivity contribution in [2.75, 3.05) is 13.1 Å². The summed E-state index contributed by atoms with van der Waals surface area (Å²) in [4.78, 5) is 17.4. The van der Waals surface area contributed by atoms with Crippen LogP contribution in [0, 0.1) is 5.95 Å². The van der Waals surface area contributed by atoms with Crippen molar-refractivity contribution in [1.29, 1.82) is 0 Å². The van der Waals surface area contributed by atoms with Crippen LogP contribution in [0.5, 0.6) is 0 Å². The number of rotatable bonds is 1. The van der Waals surface area contributed by atoms with Crippen molar-refractivity contribution >= 4 is 5.91 Å². The zero-order valence-corrected chi connectivity index (χ0v) is 10.8. The molecule has 2 heterocycles. The number of hydrogen-bond acceptors (Lipinski definition) is 3. The number of ether oxygens (including phenoxy) is 1. The molecule has 0 aliphatic carbocycles. The maximum absolute atomic E-state index is 13.0. The Kier molecular flexibility index (Phi) is 3.34. The molecule has 1 fully saturated rings. The Morgan fingerprint density at radius 2 is 2.33 bits per heavy atom. The van der Waals surface area contributed by atoms with Gasteiger partial charge in [-0.3, -0.25) is 4.79 Å². The Morgan fingerprint density at radius 3 is 2.94 bits per heavy atom. The minimum Gasteiger partial charge on any atom is -0.369 e. The van der Waals surface area contributed by atoms with Crippen molar-refractivity contribution in [3.63, 3.8) is 0 Å². The van der Waals surface area contributed by atoms with Crippen LogP contribution < -0.4 is 0 Å². The zero-order chi connectivity index (χ0) is 13.3. The Labute approximate surface area is 106 Å². The van der Waals surface area contributed by atoms with Crippen molar-refractivity contribution in [2.24, 2.45) is 0 Å². The monoisotopic (exact) mass is 252 g/mol. The molecule has 0 spiro atoms. The molecule has 0 aromatic carbocycles. The van der Waals surface area contributed by atoms with Gasteiger partial charge in [0.2, 0.25) is 5.95 Å². The molecule has 18 heavy (non-hydrogen) atoms. The van der Waals surface area contributed by atoms with Crippen molar-refractivity contribution in [3.05, 3.63) is 29.8 Å². The molecule has 1 amide bonds. The van der Waals surface area contributed by atoms with E-state index in [9.17, 15) is 9.18 Å². The van der Waals surface area contributed by atoms with Gasteiger partial charge in [0, 0.05) is 30.9 Å². The van der Waals surface area contributed by atoms with E-state index in [1.54, 1.807) is 4.90 Å². The van der Waals surface area contributed by atoms with E-state index in [4.69, 9.17) is 4.74 Å². The smallest absolute Gasteiger partial charge is 0.254 e. The third kappa shape index (κ3) is 2.85. The molecule has 1 atom stereocenters. The van der Waals surface area contributed by atoms with Gasteiger partial charge in [-0.05, 0) is 26.8 Å². The van der Waals surface area contributed by atoms with Crippen LogP contribution in [-0.4, -0.2) is 40.6 Å². The summed E-state index contributed by atoms with van der Waals surface area (Å²) in [6, 6.07) is 2.69. The predicted molar refractivity (Wildman–Crippen MR) is 64.7 cm³/mol. The molecule has 5 heteroatoms. The van der Waals surface area contributed by atoms with Crippen molar-refractivity contribution in [1.82, 2.24) is 9.88 Å². The fourth-order valence-corrected chi connectivity index (χ4v) is 2.33. The third-order valence-corrected chi connectivity index (χ3v) is 2.83. The van der Waals surface area contributed by atoms with Gasteiger partial charge in [-0.2, -0.15) is 4.39 Å². The second-order valence-corrected chi connectivity index (χ2v) is 5.24. The highest BCUT2D eigenvalue weighted by Gasteiger charge is 2.34. The number of aromatic nitrogens is 1. The highest BCUT2D eigenvalue weighted by atomic mass is 19.1. The van der Waals surface area contributed by atoms with Crippen LogP contribution >= 0.6 is 0 Å². The Balaban J connectivity index is 2.18. The lowest BCUT2D eigenvalue weighted by molar-refractivity contribution is -0.118. The van der Waals surface area contributed by atoms with E-state index in [-0.39, 0.29) is 17.6 Å². The lowest BCUT2D eigenvalue weighted by Gasteiger charge is -2.41. The minimum absolute atomic E-state index is 0.0237. The second kappa shape index (κ2) is 4.65. The molecule has 2 rings (SSSR count). The number of carbonyl (C=O) groups is 1. The summed E-state index contributed by atoms with van der Waals surface area (Å²) < 4.78 is 18.8. The summed E-state index contributed by atoms with van der Waals surface area (Å²) in [7, 11) is 0. The summed E-state index contributed by atoms with van der Waals surface area (Å²) >= 11 is 0. The largest absolute Gasteiger partial charge is 0.369 e. The molecule has 0 N–H and O–H groups in total. The Bertz CT molecular complexity index is 462. The van der Waals surface area contributed by atoms with Gasteiger partial charge < -0.3 is 9.64 Å². The number of amides is 1. The van der Waals surface area contributed by atoms with Crippen molar-refractivity contribution in [3.8, 4) is 0 Å². The molecule has 98 valence electrons. The fourth-order valence-electron chi connectivity index (χ4n) is 2.33. The summed E-state index contributed by atoms with van der Waals surface area (Å²) in [6.07, 6.45) is 1.28. The highest BCUT2D eigenvalue weighted by molar-refractivity contribution is 5.94. The molecular weight excluding hydrogens is 235 g/mol. The molecule has 1 aliphatic rings. The van der Waals surface area contributed by atoms with Gasteiger partial charge in [0.25, 0.3) is 5.91 Å². The lowest BCUT2D eigenvalue weighted by Crippen LogP contribution is -2.53. The van der Waals surface area contributed by atoms with Gasteiger partial charge in [0.05, 0.1) is 11.7 Å². The van der Waals surface area contributed by atoms with E-state index in [0.717, 1.165) is 6.07 Å². The molecule has 0 bridgehead atoms. The molecule has 1 saturated heterocycles. The molecule has 1 aromatic heterocycles. The van der Waals surface area contributed by atoms with Crippen LogP contribution in [0.1, 0.15) is 31.1 Å². The second-order valence-electron chi connectivity index (χ2n) is 5.24. The maximum atomic E-state index is 13.0. The van der Waals surface area contributed by atoms with Crippen LogP contribution in [0.25, 0.3) is 0 Å². The first-order valence-electron chi connectivity index (χ1n) is 5.96. The molecule has 1 unspecified atom stereocenters. The SMILES string of the molecule is CC1CN(C(=O)c2ccnc(F)c2)CC(C)(C)O1. The molecular formula is C13H17FN2O2. The molecule has 0 saturated carbocycles. The van der Waals surface area contributed by atoms with Crippen LogP contribution in [0.2, 0.25) is 0 Å². The number of morpholine rings is 1. The molecule has 1 aliphatic heterocycles. The van der Waals surface area contributed by atoms with Crippen molar-refractivity contribution < 1.29 is 13.9 Å². The zero-order valence-electron chi connectivity index (χ0n) is 10.8. The molecule has 0 radical (unpaired) electrons. The van der Waals surface area contributed by atoms with Gasteiger partial charge in [0.15, 0.2) is 0 Å². The highest BCUT2D eigenvalue weighted by Crippen LogP contribution is 2.22. The van der Waals surface area contributed by atoms with Gasteiger partial charge >= 0.3 is 0 Å². The first-order chi connectivity index (χ1) is 8.37. The van der Waals surface area contributed by atoms with E-state index in [0.29, 0.717) is 18.7 Å². The summed E-state index contributed by atoms with van der Waals surface area (Å²) in [5, 5.41) is 0. The first-order valence-corrected chi connectivity index (χ1v) is 5.96. The summed E-state index contributed by atoms with van der Waals surface area (Å²) in [6.45, 7) is 6.83. The van der Waals surface area contributed by atoms with Crippen LogP contribution in [0.3, 0.4) is 0 Å². The van der Waals surface area contributed by atoms with E-state index < -0.39 is 5.95 Å². The topological polar surface area (TPSA) is 42.4 Å². The average Bonchev–Trinajstić information content (AvgIpc) is 2.25. The standard InChI is InChI=1S/C13H17FN2O2/c1-9-7-16(8-13(2,3)18-9)12(17)10-4-5-15-11(14)6-10/h4-6,9H,7-8H2,1-3H3. The third-order valence-electron chi connectivity index (χ3n) is 2.83. The minimum atomic E-state index is -0.638. The van der Waals surface area contributed by atoms with E-state index in [1.165, 1.54) is 12.3 Å². The predicted octanol–water partition coefficient (Wildman–Crippen LogP) is 1.86. The lowest BCUT2D eigenvalue weighted by atomic mass is 10.0. The van der Waals surface area contributed by atoms with Crippen LogP contribution in [-0.2, 0) is 4.74 Å². The molecule has 4 nitrogen and oxygen atoms in total. The maximum Gasteiger partial charge on any atom is 0.254 e. The molecule has 1 aromatic rings. The van der Waals surface area contributed by atoms with Gasteiger partial charge in [-0.15, -0.1) is 0 Å². The Morgan fingerprint density at radius 1 is 1.61 bits per heavy atom. The van der Waals surface area contributed by atoms with E-state index in [1.807, 2.05) is 20.8 Å². The Hall–Kier alpha value is -1.49. The van der Waals surface area contributed by atoms with Gasteiger partial charge in [-0.25, -0.2) is 4.98 Å². The van der Waals surface area contributed by atoms with Crippen molar-refractivity contribution in [2.45, 2.75) is 32.5 Å². The summed E-state index contributed by atoms with van der Waals surface area (Å²) in [5.74, 6) is -0.819. The van der Waals surface area contributed by atoms with Crippen LogP contribution in [0.15, 0.2) is 18.3 Å². The number of nitrogens with zero attached hydrogens (tertiary/aromatic N) is 2. The summed E-state index contributed by atoms with van der Waals surface area (Å²) in [5.41, 5.74) is -0.0498. The van der Waals surface area contributed by atoms with Gasteiger partial charge in [0.1, 0.15) is 0 Å². The number of hydrogen-bond donors (Lipinski definition) is 0. The quantitative estimate of drug-likeness (QED) is 0.716. The number of halogens is 1. The van der Waals surface area contributed by atoms with E-state index in [2.05, 4.69) is 4.98 Å². The average molecular weight is 252 g/mol. The van der Waals surface area contributed by atoms with Gasteiger partial charge in [-0.1, -0.05) is 0 Å². The number of carbonyl (C=O) groups excluding carboxylic acids is 1. The van der Waals surface area contributed by atoms with E-state index >= 15 is 0 Å². The normalized spacial score (nSPS) is 22.9. The first kappa shape index (κ1) is 13.0. The fraction of sp³-hybridized carbons (Fsp3) is 0.538.